The van der Waals surface area contributed by atoms with E-state index >= 15 is 0 Å². The first-order chi connectivity index (χ1) is 9.24. The van der Waals surface area contributed by atoms with E-state index in [1.54, 1.807) is 45.0 Å². The Hall–Kier alpha value is -1.88. The number of hydrogen-bond acceptors (Lipinski definition) is 5. The first kappa shape index (κ1) is 16.2. The van der Waals surface area contributed by atoms with Crippen molar-refractivity contribution in [3.05, 3.63) is 29.8 Å². The Balaban J connectivity index is 2.65. The number of nitrogens with two attached hydrogens (primary N) is 1. The van der Waals surface area contributed by atoms with Crippen molar-refractivity contribution in [1.29, 1.82) is 0 Å². The zero-order valence-corrected chi connectivity index (χ0v) is 12.3. The lowest BCUT2D eigenvalue weighted by Gasteiger charge is -2.16. The van der Waals surface area contributed by atoms with Gasteiger partial charge in [0.05, 0.1) is 12.5 Å². The average molecular weight is 279 g/mol. The molecule has 0 unspecified atom stereocenters. The summed E-state index contributed by atoms with van der Waals surface area (Å²) in [5.74, 6) is -0.273. The Kier molecular flexibility index (Phi) is 5.27. The topological polar surface area (TPSA) is 78.6 Å². The minimum Gasteiger partial charge on any atom is -0.468 e. The molecule has 0 spiro atoms. The molecule has 5 heteroatoms. The molecule has 0 aliphatic rings. The van der Waals surface area contributed by atoms with Crippen molar-refractivity contribution in [2.45, 2.75) is 33.2 Å². The minimum absolute atomic E-state index is 0.295. The second-order valence-corrected chi connectivity index (χ2v) is 5.62. The van der Waals surface area contributed by atoms with E-state index in [9.17, 15) is 9.59 Å². The summed E-state index contributed by atoms with van der Waals surface area (Å²) >= 11 is 0. The number of esters is 2. The molecule has 20 heavy (non-hydrogen) atoms. The van der Waals surface area contributed by atoms with Gasteiger partial charge in [-0.05, 0) is 44.9 Å². The van der Waals surface area contributed by atoms with Crippen molar-refractivity contribution in [2.75, 3.05) is 7.11 Å². The molecule has 1 rings (SSSR count). The smallest absolute Gasteiger partial charge is 0.322 e. The third-order valence-electron chi connectivity index (χ3n) is 2.71. The van der Waals surface area contributed by atoms with Crippen molar-refractivity contribution >= 4 is 11.9 Å². The molecule has 0 radical (unpaired) electrons. The van der Waals surface area contributed by atoms with Gasteiger partial charge in [-0.25, -0.2) is 0 Å². The highest BCUT2D eigenvalue weighted by Crippen LogP contribution is 2.20. The summed E-state index contributed by atoms with van der Waals surface area (Å²) in [6, 6.07) is 6.22. The number of rotatable bonds is 4. The fourth-order valence-corrected chi connectivity index (χ4v) is 1.44. The summed E-state index contributed by atoms with van der Waals surface area (Å²) in [7, 11) is 1.30. The molecule has 2 N–H and O–H groups in total. The summed E-state index contributed by atoms with van der Waals surface area (Å²) < 4.78 is 9.81. The van der Waals surface area contributed by atoms with Crippen LogP contribution < -0.4 is 10.5 Å². The lowest BCUT2D eigenvalue weighted by Crippen LogP contribution is -2.33. The van der Waals surface area contributed by atoms with E-state index in [1.165, 1.54) is 7.11 Å². The number of methoxy groups -OCH3 is 1. The molecule has 1 aromatic carbocycles. The average Bonchev–Trinajstić information content (AvgIpc) is 2.38. The number of carbonyl (C=O) groups excluding carboxylic acids is 2. The molecular weight excluding hydrogens is 258 g/mol. The number of ether oxygens (including phenoxy) is 2. The van der Waals surface area contributed by atoms with Gasteiger partial charge in [-0.2, -0.15) is 0 Å². The third-order valence-corrected chi connectivity index (χ3v) is 2.71. The molecule has 110 valence electrons. The monoisotopic (exact) mass is 279 g/mol. The molecule has 1 atom stereocenters. The van der Waals surface area contributed by atoms with Crippen molar-refractivity contribution in [1.82, 2.24) is 0 Å². The van der Waals surface area contributed by atoms with E-state index in [0.29, 0.717) is 12.2 Å². The van der Waals surface area contributed by atoms with Gasteiger partial charge in [0.2, 0.25) is 0 Å². The van der Waals surface area contributed by atoms with Crippen LogP contribution in [0.15, 0.2) is 24.3 Å². The quantitative estimate of drug-likeness (QED) is 0.670. The van der Waals surface area contributed by atoms with Crippen molar-refractivity contribution in [3.63, 3.8) is 0 Å². The van der Waals surface area contributed by atoms with E-state index in [4.69, 9.17) is 10.5 Å². The van der Waals surface area contributed by atoms with Crippen molar-refractivity contribution in [2.24, 2.45) is 11.1 Å². The van der Waals surface area contributed by atoms with Gasteiger partial charge in [0.1, 0.15) is 11.8 Å². The van der Waals surface area contributed by atoms with Crippen LogP contribution in [0.3, 0.4) is 0 Å². The maximum absolute atomic E-state index is 11.7. The number of carbonyl (C=O) groups is 2. The van der Waals surface area contributed by atoms with Gasteiger partial charge in [-0.3, -0.25) is 9.59 Å². The Morgan fingerprint density at radius 1 is 1.20 bits per heavy atom. The highest BCUT2D eigenvalue weighted by molar-refractivity contribution is 5.78. The normalized spacial score (nSPS) is 12.7. The Labute approximate surface area is 119 Å². The summed E-state index contributed by atoms with van der Waals surface area (Å²) in [5, 5.41) is 0. The Morgan fingerprint density at radius 3 is 2.20 bits per heavy atom. The summed E-state index contributed by atoms with van der Waals surface area (Å²) in [4.78, 5) is 22.9. The predicted molar refractivity (Wildman–Crippen MR) is 75.2 cm³/mol. The standard InChI is InChI=1S/C15H21NO4/c1-15(2,3)14(18)20-11-7-5-10(6-8-11)9-12(16)13(17)19-4/h5-8,12H,9,16H2,1-4H3/t12-/m0/s1. The highest BCUT2D eigenvalue weighted by atomic mass is 16.5. The van der Waals surface area contributed by atoms with Gasteiger partial charge < -0.3 is 15.2 Å². The molecule has 0 aromatic heterocycles. The molecule has 0 saturated carbocycles. The van der Waals surface area contributed by atoms with Crippen LogP contribution in [-0.2, 0) is 20.7 Å². The molecular formula is C15H21NO4. The minimum atomic E-state index is -0.692. The molecule has 0 heterocycles. The molecule has 0 saturated heterocycles. The lowest BCUT2D eigenvalue weighted by molar-refractivity contribution is -0.143. The zero-order valence-electron chi connectivity index (χ0n) is 12.3. The fraction of sp³-hybridized carbons (Fsp3) is 0.467. The molecule has 0 aliphatic heterocycles. The largest absolute Gasteiger partial charge is 0.468 e. The van der Waals surface area contributed by atoms with Gasteiger partial charge in [0, 0.05) is 0 Å². The lowest BCUT2D eigenvalue weighted by atomic mass is 9.97. The van der Waals surface area contributed by atoms with Crippen LogP contribution >= 0.6 is 0 Å². The number of hydrogen-bond donors (Lipinski definition) is 1. The second kappa shape index (κ2) is 6.52. The van der Waals surface area contributed by atoms with Crippen molar-refractivity contribution in [3.8, 4) is 5.75 Å². The summed E-state index contributed by atoms with van der Waals surface area (Å²) in [6.45, 7) is 5.37. The maximum Gasteiger partial charge on any atom is 0.322 e. The molecule has 0 aliphatic carbocycles. The maximum atomic E-state index is 11.7. The SMILES string of the molecule is COC(=O)[C@@H](N)Cc1ccc(OC(=O)C(C)(C)C)cc1. The van der Waals surface area contributed by atoms with E-state index in [0.717, 1.165) is 5.56 Å². The van der Waals surface area contributed by atoms with Crippen LogP contribution in [0.5, 0.6) is 5.75 Å². The summed E-state index contributed by atoms with van der Waals surface area (Å²) in [6.07, 6.45) is 0.375. The Bertz CT molecular complexity index is 474. The van der Waals surface area contributed by atoms with Crippen LogP contribution in [0.4, 0.5) is 0 Å². The molecule has 5 nitrogen and oxygen atoms in total. The van der Waals surface area contributed by atoms with Crippen LogP contribution in [0, 0.1) is 5.41 Å². The molecule has 0 amide bonds. The van der Waals surface area contributed by atoms with E-state index < -0.39 is 17.4 Å². The van der Waals surface area contributed by atoms with Gasteiger partial charge in [0.25, 0.3) is 0 Å². The van der Waals surface area contributed by atoms with E-state index in [1.807, 2.05) is 0 Å². The van der Waals surface area contributed by atoms with Gasteiger partial charge in [0.15, 0.2) is 0 Å². The van der Waals surface area contributed by atoms with E-state index in [-0.39, 0.29) is 5.97 Å². The first-order valence-electron chi connectivity index (χ1n) is 6.38. The van der Waals surface area contributed by atoms with Gasteiger partial charge in [-0.1, -0.05) is 12.1 Å². The third kappa shape index (κ3) is 4.66. The van der Waals surface area contributed by atoms with Gasteiger partial charge in [-0.15, -0.1) is 0 Å². The van der Waals surface area contributed by atoms with Gasteiger partial charge >= 0.3 is 11.9 Å². The second-order valence-electron chi connectivity index (χ2n) is 5.62. The van der Waals surface area contributed by atoms with Crippen LogP contribution in [-0.4, -0.2) is 25.1 Å². The van der Waals surface area contributed by atoms with Crippen molar-refractivity contribution < 1.29 is 19.1 Å². The molecule has 0 bridgehead atoms. The molecule has 0 fully saturated rings. The predicted octanol–water partition coefficient (Wildman–Crippen LogP) is 1.68. The van der Waals surface area contributed by atoms with Crippen LogP contribution in [0.2, 0.25) is 0 Å². The fourth-order valence-electron chi connectivity index (χ4n) is 1.44. The highest BCUT2D eigenvalue weighted by Gasteiger charge is 2.23. The zero-order chi connectivity index (χ0) is 15.3. The first-order valence-corrected chi connectivity index (χ1v) is 6.38. The Morgan fingerprint density at radius 2 is 1.75 bits per heavy atom. The van der Waals surface area contributed by atoms with Crippen LogP contribution in [0.25, 0.3) is 0 Å². The summed E-state index contributed by atoms with van der Waals surface area (Å²) in [5.41, 5.74) is 6.00. The van der Waals surface area contributed by atoms with Crippen LogP contribution in [0.1, 0.15) is 26.3 Å². The molecule has 1 aromatic rings. The van der Waals surface area contributed by atoms with E-state index in [2.05, 4.69) is 4.74 Å². The number of benzene rings is 1.